The number of likely N-dealkylation sites (tertiary alicyclic amines) is 1. The van der Waals surface area contributed by atoms with Gasteiger partial charge in [-0.15, -0.1) is 5.06 Å². The van der Waals surface area contributed by atoms with Crippen molar-refractivity contribution in [3.8, 4) is 5.75 Å². The molecule has 1 unspecified atom stereocenters. The molecule has 1 aromatic heterocycles. The van der Waals surface area contributed by atoms with Crippen LogP contribution in [0.3, 0.4) is 0 Å². The molecule has 1 saturated heterocycles. The lowest BCUT2D eigenvalue weighted by molar-refractivity contribution is -0.193. The summed E-state index contributed by atoms with van der Waals surface area (Å²) in [5.74, 6) is -1.13. The number of benzene rings is 2. The predicted octanol–water partition coefficient (Wildman–Crippen LogP) is 3.33. The monoisotopic (exact) mass is 548 g/mol. The first-order valence-electron chi connectivity index (χ1n) is 12.6. The third-order valence-electron chi connectivity index (χ3n) is 6.29. The Balaban J connectivity index is 1.30. The van der Waals surface area contributed by atoms with Crippen LogP contribution in [0.2, 0.25) is 0 Å². The molecule has 5 rings (SSSR count). The maximum absolute atomic E-state index is 13.0. The first-order valence-corrected chi connectivity index (χ1v) is 12.6. The highest BCUT2D eigenvalue weighted by atomic mass is 16.7. The number of aromatic nitrogens is 1. The zero-order chi connectivity index (χ0) is 28.6. The summed E-state index contributed by atoms with van der Waals surface area (Å²) in [4.78, 5) is 60.9. The predicted molar refractivity (Wildman–Crippen MR) is 142 cm³/mol. The fourth-order valence-corrected chi connectivity index (χ4v) is 4.35. The molecule has 1 atom stereocenters. The molecular formula is C28H28N4O8. The molecule has 0 radical (unpaired) electrons. The molecule has 208 valence electrons. The highest BCUT2D eigenvalue weighted by Crippen LogP contribution is 2.28. The Hall–Kier alpha value is -4.71. The van der Waals surface area contributed by atoms with E-state index in [2.05, 4.69) is 10.3 Å². The second-order valence-electron chi connectivity index (χ2n) is 10.5. The topological polar surface area (TPSA) is 148 Å². The summed E-state index contributed by atoms with van der Waals surface area (Å²) in [7, 11) is 0. The lowest BCUT2D eigenvalue weighted by atomic mass is 10.1. The van der Waals surface area contributed by atoms with Crippen molar-refractivity contribution in [2.75, 3.05) is 25.0 Å². The number of carbonyl (C=O) groups is 4. The number of carbonyl (C=O) groups excluding carboxylic acids is 3. The normalized spacial score (nSPS) is 16.0. The molecule has 3 heterocycles. The lowest BCUT2D eigenvalue weighted by Crippen LogP contribution is -2.56. The van der Waals surface area contributed by atoms with Crippen LogP contribution in [0, 0.1) is 0 Å². The highest BCUT2D eigenvalue weighted by Gasteiger charge is 2.40. The number of nitrogens with zero attached hydrogens (tertiary/aromatic N) is 3. The summed E-state index contributed by atoms with van der Waals surface area (Å²) in [6.07, 6.45) is -0.748. The van der Waals surface area contributed by atoms with Crippen molar-refractivity contribution >= 4 is 40.5 Å². The molecule has 0 bridgehead atoms. The third kappa shape index (κ3) is 5.52. The molecule has 2 aliphatic rings. The van der Waals surface area contributed by atoms with Gasteiger partial charge < -0.3 is 24.8 Å². The molecule has 2 aliphatic heterocycles. The van der Waals surface area contributed by atoms with Crippen LogP contribution in [0.1, 0.15) is 41.5 Å². The second kappa shape index (κ2) is 10.5. The van der Waals surface area contributed by atoms with E-state index in [1.54, 1.807) is 63.4 Å². The number of anilines is 1. The lowest BCUT2D eigenvalue weighted by Gasteiger charge is -2.37. The molecule has 12 heteroatoms. The molecule has 3 aromatic rings. The Morgan fingerprint density at radius 3 is 2.38 bits per heavy atom. The minimum Gasteiger partial charge on any atom is -0.490 e. The number of nitrogens with one attached hydrogen (secondary N) is 1. The Bertz CT molecular complexity index is 1460. The van der Waals surface area contributed by atoms with E-state index in [-0.39, 0.29) is 23.8 Å². The summed E-state index contributed by atoms with van der Waals surface area (Å²) >= 11 is 0. The van der Waals surface area contributed by atoms with Crippen LogP contribution in [-0.2, 0) is 14.4 Å². The van der Waals surface area contributed by atoms with Gasteiger partial charge in [-0.05, 0) is 62.6 Å². The number of pyridine rings is 1. The van der Waals surface area contributed by atoms with Gasteiger partial charge in [-0.3, -0.25) is 9.59 Å². The van der Waals surface area contributed by atoms with Gasteiger partial charge in [-0.2, -0.15) is 0 Å². The fourth-order valence-electron chi connectivity index (χ4n) is 4.35. The maximum atomic E-state index is 13.0. The largest absolute Gasteiger partial charge is 0.490 e. The Morgan fingerprint density at radius 2 is 1.75 bits per heavy atom. The standard InChI is InChI=1S/C28H28N4O8/c1-28(2,3)39-26(35)22(40-32-24(33)20-6-4-5-7-21(20)25(32)34)15-38-18-8-9-19-16(12-18)10-11-29-23(19)30-17-13-31(14-17)27(36)37/h4-12,17,22H,13-15H2,1-3H3,(H,29,30)(H,36,37). The van der Waals surface area contributed by atoms with Crippen molar-refractivity contribution in [2.45, 2.75) is 38.5 Å². The van der Waals surface area contributed by atoms with E-state index in [1.165, 1.54) is 17.0 Å². The minimum absolute atomic E-state index is 0.0426. The molecule has 0 saturated carbocycles. The van der Waals surface area contributed by atoms with E-state index in [1.807, 2.05) is 0 Å². The first-order chi connectivity index (χ1) is 19.0. The van der Waals surface area contributed by atoms with Crippen molar-refractivity contribution < 1.29 is 38.6 Å². The molecule has 1 fully saturated rings. The van der Waals surface area contributed by atoms with Gasteiger partial charge in [0.2, 0.25) is 6.10 Å². The van der Waals surface area contributed by atoms with E-state index >= 15 is 0 Å². The quantitative estimate of drug-likeness (QED) is 0.317. The number of esters is 1. The molecule has 2 N–H and O–H groups in total. The SMILES string of the molecule is CC(C)(C)OC(=O)C(COc1ccc2c(NC3CN(C(=O)O)C3)nccc2c1)ON1C(=O)c2ccccc2C1=O. The number of carboxylic acid groups (broad SMARTS) is 1. The zero-order valence-electron chi connectivity index (χ0n) is 22.1. The van der Waals surface area contributed by atoms with Crippen molar-refractivity contribution in [3.05, 3.63) is 65.9 Å². The Labute approximate surface area is 229 Å². The van der Waals surface area contributed by atoms with Crippen LogP contribution < -0.4 is 10.1 Å². The number of amides is 3. The Kier molecular flexibility index (Phi) is 7.03. The summed E-state index contributed by atoms with van der Waals surface area (Å²) < 4.78 is 11.3. The van der Waals surface area contributed by atoms with E-state index < -0.39 is 35.6 Å². The smallest absolute Gasteiger partial charge is 0.407 e. The van der Waals surface area contributed by atoms with Crippen LogP contribution in [0.15, 0.2) is 54.7 Å². The van der Waals surface area contributed by atoms with Crippen LogP contribution >= 0.6 is 0 Å². The van der Waals surface area contributed by atoms with Crippen LogP contribution in [0.4, 0.5) is 10.6 Å². The molecule has 3 amide bonds. The summed E-state index contributed by atoms with van der Waals surface area (Å²) in [5.41, 5.74) is -0.481. The Morgan fingerprint density at radius 1 is 1.07 bits per heavy atom. The summed E-state index contributed by atoms with van der Waals surface area (Å²) in [6.45, 7) is 5.47. The molecule has 40 heavy (non-hydrogen) atoms. The number of rotatable bonds is 8. The van der Waals surface area contributed by atoms with Crippen LogP contribution in [0.25, 0.3) is 10.8 Å². The second-order valence-corrected chi connectivity index (χ2v) is 10.5. The van der Waals surface area contributed by atoms with E-state index in [9.17, 15) is 19.2 Å². The average molecular weight is 549 g/mol. The van der Waals surface area contributed by atoms with Crippen LogP contribution in [-0.4, -0.2) is 81.4 Å². The number of hydroxylamine groups is 2. The number of fused-ring (bicyclic) bond motifs is 2. The maximum Gasteiger partial charge on any atom is 0.407 e. The molecule has 0 aliphatic carbocycles. The van der Waals surface area contributed by atoms with Gasteiger partial charge in [-0.1, -0.05) is 12.1 Å². The van der Waals surface area contributed by atoms with Crippen molar-refractivity contribution in [2.24, 2.45) is 0 Å². The van der Waals surface area contributed by atoms with Gasteiger partial charge in [0, 0.05) is 24.7 Å². The van der Waals surface area contributed by atoms with Gasteiger partial charge in [0.15, 0.2) is 0 Å². The minimum atomic E-state index is -1.41. The van der Waals surface area contributed by atoms with E-state index in [0.717, 1.165) is 10.8 Å². The molecule has 2 aromatic carbocycles. The number of imide groups is 1. The average Bonchev–Trinajstić information content (AvgIpc) is 3.11. The first kappa shape index (κ1) is 26.9. The van der Waals surface area contributed by atoms with Crippen molar-refractivity contribution in [1.82, 2.24) is 14.9 Å². The van der Waals surface area contributed by atoms with E-state index in [4.69, 9.17) is 19.4 Å². The van der Waals surface area contributed by atoms with Gasteiger partial charge in [0.25, 0.3) is 11.8 Å². The number of hydrogen-bond donors (Lipinski definition) is 2. The van der Waals surface area contributed by atoms with Gasteiger partial charge in [0.1, 0.15) is 23.8 Å². The third-order valence-corrected chi connectivity index (χ3v) is 6.29. The molecular weight excluding hydrogens is 520 g/mol. The number of ether oxygens (including phenoxy) is 2. The highest BCUT2D eigenvalue weighted by molar-refractivity contribution is 6.20. The van der Waals surface area contributed by atoms with Gasteiger partial charge in [0.05, 0.1) is 17.2 Å². The molecule has 12 nitrogen and oxygen atoms in total. The van der Waals surface area contributed by atoms with Gasteiger partial charge in [-0.25, -0.2) is 19.4 Å². The van der Waals surface area contributed by atoms with Gasteiger partial charge >= 0.3 is 12.1 Å². The summed E-state index contributed by atoms with van der Waals surface area (Å²) in [5, 5.41) is 14.5. The zero-order valence-corrected chi connectivity index (χ0v) is 22.1. The summed E-state index contributed by atoms with van der Waals surface area (Å²) in [6, 6.07) is 13.3. The fraction of sp³-hybridized carbons (Fsp3) is 0.321. The van der Waals surface area contributed by atoms with Crippen LogP contribution in [0.5, 0.6) is 5.75 Å². The van der Waals surface area contributed by atoms with Crippen molar-refractivity contribution in [3.63, 3.8) is 0 Å². The van der Waals surface area contributed by atoms with Crippen molar-refractivity contribution in [1.29, 1.82) is 0 Å². The van der Waals surface area contributed by atoms with E-state index in [0.29, 0.717) is 29.7 Å². The molecule has 0 spiro atoms. The number of hydrogen-bond acceptors (Lipinski definition) is 9.